The van der Waals surface area contributed by atoms with Gasteiger partial charge in [0.05, 0.1) is 19.5 Å². The van der Waals surface area contributed by atoms with Gasteiger partial charge in [-0.05, 0) is 24.8 Å². The molecule has 1 aromatic carbocycles. The van der Waals surface area contributed by atoms with E-state index in [-0.39, 0.29) is 5.91 Å². The third-order valence-electron chi connectivity index (χ3n) is 4.59. The number of methoxy groups -OCH3 is 1. The van der Waals surface area contributed by atoms with Crippen LogP contribution in [0.4, 0.5) is 5.82 Å². The van der Waals surface area contributed by atoms with Crippen LogP contribution in [-0.2, 0) is 6.54 Å². The van der Waals surface area contributed by atoms with Crippen molar-refractivity contribution in [2.45, 2.75) is 26.3 Å². The molecular formula is C19H24N4O2. The van der Waals surface area contributed by atoms with Crippen molar-refractivity contribution in [3.8, 4) is 5.75 Å². The Labute approximate surface area is 148 Å². The summed E-state index contributed by atoms with van der Waals surface area (Å²) in [6.45, 7) is 4.41. The number of carbonyl (C=O) groups is 1. The number of likely N-dealkylation sites (tertiary alicyclic amines) is 1. The van der Waals surface area contributed by atoms with E-state index in [1.54, 1.807) is 19.5 Å². The molecule has 0 unspecified atom stereocenters. The van der Waals surface area contributed by atoms with Crippen LogP contribution >= 0.6 is 0 Å². The van der Waals surface area contributed by atoms with E-state index in [1.165, 1.54) is 0 Å². The molecule has 6 heteroatoms. The molecule has 1 aliphatic rings. The van der Waals surface area contributed by atoms with Gasteiger partial charge in [0, 0.05) is 25.2 Å². The van der Waals surface area contributed by atoms with Crippen LogP contribution in [0.15, 0.2) is 36.7 Å². The van der Waals surface area contributed by atoms with Crippen molar-refractivity contribution in [2.24, 2.45) is 5.92 Å². The summed E-state index contributed by atoms with van der Waals surface area (Å²) in [5.74, 6) is 2.12. The molecule has 0 bridgehead atoms. The average Bonchev–Trinajstić information content (AvgIpc) is 2.67. The van der Waals surface area contributed by atoms with Crippen LogP contribution in [0.3, 0.4) is 0 Å². The van der Waals surface area contributed by atoms with Crippen molar-refractivity contribution in [1.82, 2.24) is 14.9 Å². The van der Waals surface area contributed by atoms with Gasteiger partial charge in [0.2, 0.25) is 0 Å². The molecule has 1 saturated heterocycles. The fourth-order valence-corrected chi connectivity index (χ4v) is 2.94. The van der Waals surface area contributed by atoms with E-state index in [2.05, 4.69) is 22.2 Å². The van der Waals surface area contributed by atoms with Gasteiger partial charge >= 0.3 is 0 Å². The van der Waals surface area contributed by atoms with Gasteiger partial charge in [-0.15, -0.1) is 0 Å². The van der Waals surface area contributed by atoms with Crippen LogP contribution in [0.2, 0.25) is 0 Å². The second-order valence-corrected chi connectivity index (χ2v) is 6.43. The molecule has 0 aliphatic carbocycles. The number of rotatable bonds is 5. The molecule has 1 N–H and O–H groups in total. The Bertz CT molecular complexity index is 710. The number of nitrogens with zero attached hydrogens (tertiary/aromatic N) is 3. The summed E-state index contributed by atoms with van der Waals surface area (Å²) in [5, 5.41) is 3.21. The highest BCUT2D eigenvalue weighted by molar-refractivity contribution is 5.92. The minimum atomic E-state index is -0.0318. The molecule has 6 nitrogen and oxygen atoms in total. The summed E-state index contributed by atoms with van der Waals surface area (Å²) in [6, 6.07) is 7.81. The second kappa shape index (κ2) is 7.96. The Morgan fingerprint density at radius 3 is 2.68 bits per heavy atom. The minimum absolute atomic E-state index is 0.0318. The fraction of sp³-hybridized carbons (Fsp3) is 0.421. The standard InChI is InChI=1S/C19H24N4O2/c1-14-7-9-23(10-8-14)19(24)16-12-22-18(13-20-16)21-11-15-5-3-4-6-17(15)25-2/h3-6,12-14H,7-11H2,1-2H3,(H,21,22). The van der Waals surface area contributed by atoms with Crippen LogP contribution in [0.1, 0.15) is 35.8 Å². The fourth-order valence-electron chi connectivity index (χ4n) is 2.94. The van der Waals surface area contributed by atoms with Crippen molar-refractivity contribution in [3.63, 3.8) is 0 Å². The first-order valence-corrected chi connectivity index (χ1v) is 8.64. The van der Waals surface area contributed by atoms with Crippen LogP contribution in [0.5, 0.6) is 5.75 Å². The zero-order chi connectivity index (χ0) is 17.6. The van der Waals surface area contributed by atoms with E-state index in [9.17, 15) is 4.79 Å². The predicted octanol–water partition coefficient (Wildman–Crippen LogP) is 2.97. The Morgan fingerprint density at radius 1 is 1.24 bits per heavy atom. The summed E-state index contributed by atoms with van der Waals surface area (Å²) in [6.07, 6.45) is 5.26. The van der Waals surface area contributed by atoms with Gasteiger partial charge in [-0.3, -0.25) is 4.79 Å². The third kappa shape index (κ3) is 4.26. The summed E-state index contributed by atoms with van der Waals surface area (Å²) >= 11 is 0. The molecule has 25 heavy (non-hydrogen) atoms. The Kier molecular flexibility index (Phi) is 5.48. The molecule has 1 fully saturated rings. The Balaban J connectivity index is 1.59. The molecule has 1 aromatic heterocycles. The molecule has 3 rings (SSSR count). The molecule has 2 aromatic rings. The summed E-state index contributed by atoms with van der Waals surface area (Å²) in [5.41, 5.74) is 1.44. The topological polar surface area (TPSA) is 67.3 Å². The number of para-hydroxylation sites is 1. The lowest BCUT2D eigenvalue weighted by Gasteiger charge is -2.29. The summed E-state index contributed by atoms with van der Waals surface area (Å²) < 4.78 is 5.33. The van der Waals surface area contributed by atoms with Gasteiger partial charge in [-0.1, -0.05) is 25.1 Å². The second-order valence-electron chi connectivity index (χ2n) is 6.43. The molecule has 2 heterocycles. The molecule has 132 valence electrons. The predicted molar refractivity (Wildman–Crippen MR) is 96.7 cm³/mol. The largest absolute Gasteiger partial charge is 0.496 e. The van der Waals surface area contributed by atoms with Crippen molar-refractivity contribution in [1.29, 1.82) is 0 Å². The van der Waals surface area contributed by atoms with Crippen LogP contribution in [-0.4, -0.2) is 41.0 Å². The first-order valence-electron chi connectivity index (χ1n) is 8.64. The van der Waals surface area contributed by atoms with Gasteiger partial charge in [0.25, 0.3) is 5.91 Å². The van der Waals surface area contributed by atoms with E-state index < -0.39 is 0 Å². The molecule has 0 atom stereocenters. The quantitative estimate of drug-likeness (QED) is 0.906. The van der Waals surface area contributed by atoms with Crippen molar-refractivity contribution in [2.75, 3.05) is 25.5 Å². The number of nitrogens with one attached hydrogen (secondary N) is 1. The Morgan fingerprint density at radius 2 is 2.00 bits per heavy atom. The van der Waals surface area contributed by atoms with Crippen LogP contribution < -0.4 is 10.1 Å². The SMILES string of the molecule is COc1ccccc1CNc1cnc(C(=O)N2CCC(C)CC2)cn1. The molecule has 0 radical (unpaired) electrons. The third-order valence-corrected chi connectivity index (χ3v) is 4.59. The average molecular weight is 340 g/mol. The zero-order valence-electron chi connectivity index (χ0n) is 14.7. The number of benzene rings is 1. The van der Waals surface area contributed by atoms with Gasteiger partial charge in [0.15, 0.2) is 0 Å². The first-order chi connectivity index (χ1) is 12.2. The summed E-state index contributed by atoms with van der Waals surface area (Å²) in [7, 11) is 1.65. The van der Waals surface area contributed by atoms with E-state index >= 15 is 0 Å². The zero-order valence-corrected chi connectivity index (χ0v) is 14.7. The van der Waals surface area contributed by atoms with Gasteiger partial charge in [0.1, 0.15) is 17.3 Å². The number of anilines is 1. The lowest BCUT2D eigenvalue weighted by molar-refractivity contribution is 0.0691. The van der Waals surface area contributed by atoms with Crippen LogP contribution in [0, 0.1) is 5.92 Å². The van der Waals surface area contributed by atoms with Crippen molar-refractivity contribution >= 4 is 11.7 Å². The number of hydrogen-bond donors (Lipinski definition) is 1. The number of aromatic nitrogens is 2. The van der Waals surface area contributed by atoms with Gasteiger partial charge < -0.3 is 15.0 Å². The molecule has 1 amide bonds. The van der Waals surface area contributed by atoms with Crippen molar-refractivity contribution < 1.29 is 9.53 Å². The highest BCUT2D eigenvalue weighted by Gasteiger charge is 2.22. The van der Waals surface area contributed by atoms with Crippen LogP contribution in [0.25, 0.3) is 0 Å². The molecule has 0 saturated carbocycles. The highest BCUT2D eigenvalue weighted by atomic mass is 16.5. The molecular weight excluding hydrogens is 316 g/mol. The van der Waals surface area contributed by atoms with E-state index in [0.717, 1.165) is 37.2 Å². The maximum atomic E-state index is 12.5. The van der Waals surface area contributed by atoms with E-state index in [1.807, 2.05) is 29.2 Å². The number of ether oxygens (including phenoxy) is 1. The van der Waals surface area contributed by atoms with Crippen molar-refractivity contribution in [3.05, 3.63) is 47.9 Å². The smallest absolute Gasteiger partial charge is 0.274 e. The maximum Gasteiger partial charge on any atom is 0.274 e. The number of hydrogen-bond acceptors (Lipinski definition) is 5. The van der Waals surface area contributed by atoms with E-state index in [4.69, 9.17) is 4.74 Å². The lowest BCUT2D eigenvalue weighted by Crippen LogP contribution is -2.38. The Hall–Kier alpha value is -2.63. The first kappa shape index (κ1) is 17.2. The molecule has 0 spiro atoms. The monoisotopic (exact) mass is 340 g/mol. The summed E-state index contributed by atoms with van der Waals surface area (Å²) in [4.78, 5) is 22.9. The highest BCUT2D eigenvalue weighted by Crippen LogP contribution is 2.19. The molecule has 1 aliphatic heterocycles. The number of amides is 1. The number of piperidine rings is 1. The number of carbonyl (C=O) groups excluding carboxylic acids is 1. The lowest BCUT2D eigenvalue weighted by atomic mass is 9.99. The van der Waals surface area contributed by atoms with E-state index in [0.29, 0.717) is 24.0 Å². The normalized spacial score (nSPS) is 15.0. The maximum absolute atomic E-state index is 12.5. The minimum Gasteiger partial charge on any atom is -0.496 e. The van der Waals surface area contributed by atoms with Gasteiger partial charge in [-0.25, -0.2) is 9.97 Å². The van der Waals surface area contributed by atoms with Gasteiger partial charge in [-0.2, -0.15) is 0 Å².